The second kappa shape index (κ2) is 8.02. The fraction of sp³-hybridized carbons (Fsp3) is 0.400. The van der Waals surface area contributed by atoms with E-state index < -0.39 is 0 Å². The summed E-state index contributed by atoms with van der Waals surface area (Å²) in [6.45, 7) is 3.41. The van der Waals surface area contributed by atoms with Crippen LogP contribution < -0.4 is 5.73 Å². The molecule has 0 fully saturated rings. The van der Waals surface area contributed by atoms with Crippen LogP contribution in [0.5, 0.6) is 0 Å². The molecular formula is C15H21ClFN3. The van der Waals surface area contributed by atoms with Crippen molar-refractivity contribution in [2.45, 2.75) is 39.3 Å². The van der Waals surface area contributed by atoms with Gasteiger partial charge in [0, 0.05) is 30.4 Å². The minimum absolute atomic E-state index is 0. The second-order valence-electron chi connectivity index (χ2n) is 4.72. The zero-order valence-corrected chi connectivity index (χ0v) is 12.5. The van der Waals surface area contributed by atoms with Gasteiger partial charge in [-0.15, -0.1) is 12.4 Å². The van der Waals surface area contributed by atoms with Crippen LogP contribution in [-0.2, 0) is 13.1 Å². The molecule has 2 N–H and O–H groups in total. The van der Waals surface area contributed by atoms with Crippen molar-refractivity contribution in [3.63, 3.8) is 0 Å². The largest absolute Gasteiger partial charge is 0.326 e. The quantitative estimate of drug-likeness (QED) is 0.825. The molecule has 20 heavy (non-hydrogen) atoms. The van der Waals surface area contributed by atoms with E-state index in [0.29, 0.717) is 12.1 Å². The average molecular weight is 298 g/mol. The van der Waals surface area contributed by atoms with Crippen molar-refractivity contribution in [1.82, 2.24) is 9.78 Å². The smallest absolute Gasteiger partial charge is 0.131 e. The van der Waals surface area contributed by atoms with Crippen LogP contribution in [0.1, 0.15) is 31.7 Å². The third-order valence-electron chi connectivity index (χ3n) is 3.20. The standard InChI is InChI=1S/C15H20FN3.ClH/c1-2-3-4-7-19-11-13(10-18-19)14-6-5-12(9-17)8-15(14)16;/h5-6,8,10-11H,2-4,7,9,17H2,1H3;1H. The van der Waals surface area contributed by atoms with Crippen LogP contribution in [0.2, 0.25) is 0 Å². The van der Waals surface area contributed by atoms with Gasteiger partial charge in [-0.05, 0) is 18.1 Å². The van der Waals surface area contributed by atoms with Crippen LogP contribution in [0, 0.1) is 5.82 Å². The number of rotatable bonds is 6. The van der Waals surface area contributed by atoms with E-state index in [9.17, 15) is 4.39 Å². The number of hydrogen-bond donors (Lipinski definition) is 1. The molecule has 0 bridgehead atoms. The highest BCUT2D eigenvalue weighted by Gasteiger charge is 2.08. The van der Waals surface area contributed by atoms with Crippen LogP contribution in [0.4, 0.5) is 4.39 Å². The van der Waals surface area contributed by atoms with Crippen LogP contribution in [0.25, 0.3) is 11.1 Å². The Bertz CT molecular complexity index is 540. The van der Waals surface area contributed by atoms with Crippen molar-refractivity contribution in [1.29, 1.82) is 0 Å². The lowest BCUT2D eigenvalue weighted by Crippen LogP contribution is -1.98. The van der Waals surface area contributed by atoms with Crippen LogP contribution in [0.15, 0.2) is 30.6 Å². The van der Waals surface area contributed by atoms with E-state index >= 15 is 0 Å². The first kappa shape index (κ1) is 16.7. The average Bonchev–Trinajstić information content (AvgIpc) is 2.87. The Kier molecular flexibility index (Phi) is 6.68. The Balaban J connectivity index is 0.00000200. The summed E-state index contributed by atoms with van der Waals surface area (Å²) in [6, 6.07) is 5.11. The normalized spacial score (nSPS) is 10.3. The molecular weight excluding hydrogens is 277 g/mol. The van der Waals surface area contributed by atoms with E-state index in [2.05, 4.69) is 12.0 Å². The molecule has 0 unspecified atom stereocenters. The summed E-state index contributed by atoms with van der Waals surface area (Å²) in [5.41, 5.74) is 7.70. The van der Waals surface area contributed by atoms with Gasteiger partial charge in [0.25, 0.3) is 0 Å². The van der Waals surface area contributed by atoms with Crippen molar-refractivity contribution in [3.8, 4) is 11.1 Å². The van der Waals surface area contributed by atoms with E-state index in [1.807, 2.05) is 16.9 Å². The Labute approximate surface area is 125 Å². The maximum Gasteiger partial charge on any atom is 0.131 e. The lowest BCUT2D eigenvalue weighted by molar-refractivity contribution is 0.553. The molecule has 0 aliphatic carbocycles. The molecule has 2 aromatic rings. The molecule has 0 atom stereocenters. The first-order valence-corrected chi connectivity index (χ1v) is 6.76. The maximum absolute atomic E-state index is 13.9. The molecule has 0 aliphatic heterocycles. The summed E-state index contributed by atoms with van der Waals surface area (Å²) in [7, 11) is 0. The lowest BCUT2D eigenvalue weighted by Gasteiger charge is -2.03. The number of halogens is 2. The molecule has 2 rings (SSSR count). The van der Waals surface area contributed by atoms with Crippen LogP contribution in [0.3, 0.4) is 0 Å². The molecule has 0 radical (unpaired) electrons. The van der Waals surface area contributed by atoms with Crippen molar-refractivity contribution in [2.24, 2.45) is 5.73 Å². The molecule has 5 heteroatoms. The Morgan fingerprint density at radius 1 is 1.30 bits per heavy atom. The summed E-state index contributed by atoms with van der Waals surface area (Å²) in [5, 5.41) is 4.27. The van der Waals surface area contributed by atoms with Gasteiger partial charge in [0.1, 0.15) is 5.82 Å². The van der Waals surface area contributed by atoms with Crippen molar-refractivity contribution < 1.29 is 4.39 Å². The molecule has 0 spiro atoms. The predicted octanol–water partition coefficient (Wildman–Crippen LogP) is 3.76. The molecule has 0 saturated heterocycles. The van der Waals surface area contributed by atoms with E-state index in [-0.39, 0.29) is 18.2 Å². The first-order chi connectivity index (χ1) is 9.24. The highest BCUT2D eigenvalue weighted by atomic mass is 35.5. The summed E-state index contributed by atoms with van der Waals surface area (Å²) in [4.78, 5) is 0. The fourth-order valence-electron chi connectivity index (χ4n) is 2.07. The summed E-state index contributed by atoms with van der Waals surface area (Å²) in [6.07, 6.45) is 7.09. The monoisotopic (exact) mass is 297 g/mol. The predicted molar refractivity (Wildman–Crippen MR) is 82.3 cm³/mol. The van der Waals surface area contributed by atoms with Gasteiger partial charge in [-0.3, -0.25) is 4.68 Å². The summed E-state index contributed by atoms with van der Waals surface area (Å²) >= 11 is 0. The van der Waals surface area contributed by atoms with E-state index in [0.717, 1.165) is 24.1 Å². The van der Waals surface area contributed by atoms with Gasteiger partial charge in [-0.1, -0.05) is 31.9 Å². The van der Waals surface area contributed by atoms with Crippen molar-refractivity contribution >= 4 is 12.4 Å². The fourth-order valence-corrected chi connectivity index (χ4v) is 2.07. The molecule has 0 amide bonds. The summed E-state index contributed by atoms with van der Waals surface area (Å²) < 4.78 is 15.8. The van der Waals surface area contributed by atoms with E-state index in [1.54, 1.807) is 12.3 Å². The number of aromatic nitrogens is 2. The van der Waals surface area contributed by atoms with Gasteiger partial charge in [-0.2, -0.15) is 5.10 Å². The zero-order valence-electron chi connectivity index (χ0n) is 11.7. The minimum Gasteiger partial charge on any atom is -0.326 e. The molecule has 110 valence electrons. The van der Waals surface area contributed by atoms with Crippen LogP contribution in [-0.4, -0.2) is 9.78 Å². The first-order valence-electron chi connectivity index (χ1n) is 6.76. The van der Waals surface area contributed by atoms with Gasteiger partial charge < -0.3 is 5.73 Å². The molecule has 1 heterocycles. The molecule has 0 saturated carbocycles. The van der Waals surface area contributed by atoms with E-state index in [4.69, 9.17) is 5.73 Å². The SMILES string of the molecule is CCCCCn1cc(-c2ccc(CN)cc2F)cn1.Cl. The topological polar surface area (TPSA) is 43.8 Å². The van der Waals surface area contributed by atoms with Crippen LogP contribution >= 0.6 is 12.4 Å². The minimum atomic E-state index is -0.240. The van der Waals surface area contributed by atoms with Gasteiger partial charge in [0.05, 0.1) is 6.20 Å². The summed E-state index contributed by atoms with van der Waals surface area (Å²) in [5.74, 6) is -0.240. The third kappa shape index (κ3) is 4.05. The Morgan fingerprint density at radius 3 is 2.75 bits per heavy atom. The highest BCUT2D eigenvalue weighted by molar-refractivity contribution is 5.85. The molecule has 1 aromatic carbocycles. The molecule has 3 nitrogen and oxygen atoms in total. The van der Waals surface area contributed by atoms with Gasteiger partial charge in [0.2, 0.25) is 0 Å². The number of aryl methyl sites for hydroxylation is 1. The second-order valence-corrected chi connectivity index (χ2v) is 4.72. The number of hydrogen-bond acceptors (Lipinski definition) is 2. The van der Waals surface area contributed by atoms with Gasteiger partial charge in [0.15, 0.2) is 0 Å². The molecule has 1 aromatic heterocycles. The molecule has 0 aliphatic rings. The third-order valence-corrected chi connectivity index (χ3v) is 3.20. The number of benzene rings is 1. The zero-order chi connectivity index (χ0) is 13.7. The Morgan fingerprint density at radius 2 is 2.10 bits per heavy atom. The maximum atomic E-state index is 13.9. The number of nitrogens with zero attached hydrogens (tertiary/aromatic N) is 2. The van der Waals surface area contributed by atoms with Crippen molar-refractivity contribution in [2.75, 3.05) is 0 Å². The lowest BCUT2D eigenvalue weighted by atomic mass is 10.1. The number of unbranched alkanes of at least 4 members (excludes halogenated alkanes) is 2. The Hall–Kier alpha value is -1.39. The number of nitrogens with two attached hydrogens (primary N) is 1. The van der Waals surface area contributed by atoms with Crippen molar-refractivity contribution in [3.05, 3.63) is 42.0 Å². The van der Waals surface area contributed by atoms with Gasteiger partial charge >= 0.3 is 0 Å². The van der Waals surface area contributed by atoms with Gasteiger partial charge in [-0.25, -0.2) is 4.39 Å². The van der Waals surface area contributed by atoms with E-state index in [1.165, 1.54) is 18.9 Å². The highest BCUT2D eigenvalue weighted by Crippen LogP contribution is 2.23.